The first-order chi connectivity index (χ1) is 12.4. The summed E-state index contributed by atoms with van der Waals surface area (Å²) in [5.74, 6) is -0.638. The minimum Gasteiger partial charge on any atom is -0.339 e. The third-order valence-corrected chi connectivity index (χ3v) is 5.40. The van der Waals surface area contributed by atoms with Gasteiger partial charge in [0.05, 0.1) is 9.49 Å². The monoisotopic (exact) mass is 464 g/mol. The van der Waals surface area contributed by atoms with Gasteiger partial charge in [-0.3, -0.25) is 4.79 Å². The van der Waals surface area contributed by atoms with E-state index in [1.807, 2.05) is 23.1 Å². The lowest BCUT2D eigenvalue weighted by atomic mass is 9.90. The maximum Gasteiger partial charge on any atom is 0.230 e. The molecule has 0 radical (unpaired) electrons. The van der Waals surface area contributed by atoms with E-state index in [1.54, 1.807) is 13.0 Å². The molecule has 3 rings (SSSR count). The second-order valence-electron chi connectivity index (χ2n) is 6.86. The molecular weight excluding hydrogens is 442 g/mol. The highest BCUT2D eigenvalue weighted by Crippen LogP contribution is 2.25. The summed E-state index contributed by atoms with van der Waals surface area (Å²) in [5.41, 5.74) is 2.22. The van der Waals surface area contributed by atoms with Crippen molar-refractivity contribution in [2.45, 2.75) is 32.2 Å². The lowest BCUT2D eigenvalue weighted by molar-refractivity contribution is -0.134. The Balaban J connectivity index is 1.90. The fraction of sp³-hybridized carbons (Fsp3) is 0.381. The first-order valence-corrected chi connectivity index (χ1v) is 9.88. The number of benzene rings is 1. The van der Waals surface area contributed by atoms with Crippen molar-refractivity contribution in [2.75, 3.05) is 19.6 Å². The van der Waals surface area contributed by atoms with Gasteiger partial charge in [-0.25, -0.2) is 4.39 Å². The predicted molar refractivity (Wildman–Crippen MR) is 108 cm³/mol. The van der Waals surface area contributed by atoms with E-state index in [1.165, 1.54) is 6.07 Å². The van der Waals surface area contributed by atoms with Crippen molar-refractivity contribution in [2.24, 2.45) is 0 Å². The molecule has 1 heterocycles. The molecule has 0 spiro atoms. The molecule has 2 aromatic carbocycles. The predicted octanol–water partition coefficient (Wildman–Crippen LogP) is 3.49. The van der Waals surface area contributed by atoms with Crippen molar-refractivity contribution < 1.29 is 9.18 Å². The number of amides is 1. The van der Waals surface area contributed by atoms with Crippen molar-refractivity contribution >= 4 is 28.5 Å². The Morgan fingerprint density at radius 3 is 2.85 bits per heavy atom. The van der Waals surface area contributed by atoms with E-state index in [0.29, 0.717) is 25.1 Å². The summed E-state index contributed by atoms with van der Waals surface area (Å²) in [6.07, 6.45) is 0.493. The molecule has 1 N–H and O–H groups in total. The maximum atomic E-state index is 14.1. The van der Waals surface area contributed by atoms with Gasteiger partial charge in [-0.05, 0) is 72.2 Å². The Hall–Kier alpha value is -1.65. The van der Waals surface area contributed by atoms with Crippen LogP contribution >= 0.6 is 22.6 Å². The highest BCUT2D eigenvalue weighted by molar-refractivity contribution is 14.1. The molecule has 2 aromatic rings. The molecule has 1 saturated heterocycles. The van der Waals surface area contributed by atoms with Crippen molar-refractivity contribution in [3.05, 3.63) is 68.5 Å². The zero-order valence-electron chi connectivity index (χ0n) is 15.0. The first kappa shape index (κ1) is 19.1. The zero-order valence-corrected chi connectivity index (χ0v) is 17.1. The third kappa shape index (κ3) is 4.54. The quantitative estimate of drug-likeness (QED) is 0.703. The van der Waals surface area contributed by atoms with Gasteiger partial charge in [0.25, 0.3) is 0 Å². The summed E-state index contributed by atoms with van der Waals surface area (Å²) in [5, 5.41) is 3.35. The first-order valence-electron chi connectivity index (χ1n) is 8.80. The number of hydrogen-bond donors (Lipinski definition) is 1. The Kier molecular flexibility index (Phi) is 6.15. The van der Waals surface area contributed by atoms with Crippen LogP contribution in [0.1, 0.15) is 29.5 Å². The van der Waals surface area contributed by atoms with Crippen LogP contribution in [0.25, 0.3) is 0 Å². The molecule has 0 aliphatic carbocycles. The van der Waals surface area contributed by atoms with Crippen molar-refractivity contribution in [1.82, 2.24) is 10.2 Å². The number of rotatable bonds is 4. The van der Waals surface area contributed by atoms with Crippen molar-refractivity contribution in [3.8, 4) is 0 Å². The van der Waals surface area contributed by atoms with Crippen LogP contribution < -0.4 is 5.32 Å². The van der Waals surface area contributed by atoms with Gasteiger partial charge in [-0.15, -0.1) is 0 Å². The van der Waals surface area contributed by atoms with Crippen molar-refractivity contribution in [1.29, 1.82) is 0 Å². The van der Waals surface area contributed by atoms with E-state index in [0.717, 1.165) is 21.2 Å². The number of carbonyl (C=O) groups is 1. The second-order valence-corrected chi connectivity index (χ2v) is 8.02. The van der Waals surface area contributed by atoms with Crippen LogP contribution in [0.5, 0.6) is 0 Å². The molecule has 0 saturated carbocycles. The van der Waals surface area contributed by atoms with Crippen LogP contribution in [0.2, 0.25) is 0 Å². The highest BCUT2D eigenvalue weighted by Gasteiger charge is 2.29. The summed E-state index contributed by atoms with van der Waals surface area (Å²) in [6.45, 7) is 5.94. The maximum absolute atomic E-state index is 14.1. The lowest BCUT2D eigenvalue weighted by Crippen LogP contribution is -2.52. The fourth-order valence-electron chi connectivity index (χ4n) is 3.26. The number of hydrogen-bond acceptors (Lipinski definition) is 2. The summed E-state index contributed by atoms with van der Waals surface area (Å²) in [4.78, 5) is 15.2. The number of piperazine rings is 1. The Bertz CT molecular complexity index is 778. The van der Waals surface area contributed by atoms with Gasteiger partial charge < -0.3 is 10.2 Å². The number of halogens is 2. The summed E-state index contributed by atoms with van der Waals surface area (Å²) >= 11 is 2.18. The van der Waals surface area contributed by atoms with Gasteiger partial charge in [0.15, 0.2) is 0 Å². The molecule has 1 amide bonds. The number of nitrogens with one attached hydrogen (secondary N) is 1. The Morgan fingerprint density at radius 1 is 1.38 bits per heavy atom. The van der Waals surface area contributed by atoms with Crippen LogP contribution in [0, 0.1) is 28.4 Å². The van der Waals surface area contributed by atoms with Crippen LogP contribution in [0.4, 0.5) is 4.39 Å². The minimum absolute atomic E-state index is 0.0496. The molecule has 5 heteroatoms. The highest BCUT2D eigenvalue weighted by atomic mass is 127. The second kappa shape index (κ2) is 8.36. The normalized spacial score (nSPS) is 18.3. The molecule has 3 nitrogen and oxygen atoms in total. The van der Waals surface area contributed by atoms with Crippen molar-refractivity contribution in [3.63, 3.8) is 0 Å². The van der Waals surface area contributed by atoms with Gasteiger partial charge in [0.1, 0.15) is 5.82 Å². The van der Waals surface area contributed by atoms with Crippen LogP contribution in [0.15, 0.2) is 30.3 Å². The van der Waals surface area contributed by atoms with Gasteiger partial charge in [0.2, 0.25) is 5.91 Å². The Labute approximate surface area is 168 Å². The lowest BCUT2D eigenvalue weighted by Gasteiger charge is -2.34. The molecule has 0 aromatic heterocycles. The van der Waals surface area contributed by atoms with E-state index >= 15 is 0 Å². The molecule has 2 atom stereocenters. The molecular formula is C21H22FIN2O. The van der Waals surface area contributed by atoms with Crippen LogP contribution in [-0.4, -0.2) is 36.5 Å². The molecule has 0 unspecified atom stereocenters. The van der Waals surface area contributed by atoms with E-state index in [2.05, 4.69) is 47.0 Å². The summed E-state index contributed by atoms with van der Waals surface area (Å²) < 4.78 is 15.1. The topological polar surface area (TPSA) is 32.3 Å². The molecule has 1 aliphatic heterocycles. The van der Waals surface area contributed by atoms with E-state index in [4.69, 9.17) is 0 Å². The van der Waals surface area contributed by atoms with E-state index in [-0.39, 0.29) is 17.8 Å². The molecule has 0 bridgehead atoms. The number of aryl methyl sites for hydroxylation is 1. The average Bonchev–Trinajstić information content (AvgIpc) is 2.63. The molecule has 1 aliphatic rings. The van der Waals surface area contributed by atoms with Crippen LogP contribution in [-0.2, 0) is 11.2 Å². The molecule has 1 fully saturated rings. The standard InChI is InChI=1S/C21H22FIN2O/c1-14-3-6-17(12-20(14)22)19(11-16-4-7-18(23)8-5-16)21(26)25-10-9-24-15(2)13-25/h3-4,6-7,12,15,19,24H,9-11,13H2,1-2H3/t15-,19+/m1/s1. The van der Waals surface area contributed by atoms with Gasteiger partial charge in [-0.2, -0.15) is 0 Å². The summed E-state index contributed by atoms with van der Waals surface area (Å²) in [7, 11) is 0. The summed E-state index contributed by atoms with van der Waals surface area (Å²) in [6, 6.07) is 15.5. The fourth-order valence-corrected chi connectivity index (χ4v) is 3.58. The third-order valence-electron chi connectivity index (χ3n) is 4.77. The number of nitrogens with zero attached hydrogens (tertiary/aromatic N) is 1. The SMILES string of the molecule is Cc1ccc([C@H](Cc2c#cc(I)cc2)C(=O)N2CCN[C@H](C)C2)cc1F. The number of carbonyl (C=O) groups excluding carboxylic acids is 1. The van der Waals surface area contributed by atoms with Gasteiger partial charge >= 0.3 is 0 Å². The van der Waals surface area contributed by atoms with Gasteiger partial charge in [-0.1, -0.05) is 24.3 Å². The zero-order chi connectivity index (χ0) is 18.7. The van der Waals surface area contributed by atoms with Crippen LogP contribution in [0.3, 0.4) is 0 Å². The smallest absolute Gasteiger partial charge is 0.230 e. The van der Waals surface area contributed by atoms with E-state index < -0.39 is 5.92 Å². The minimum atomic E-state index is -0.417. The molecule has 26 heavy (non-hydrogen) atoms. The van der Waals surface area contributed by atoms with E-state index in [9.17, 15) is 9.18 Å². The average molecular weight is 464 g/mol. The largest absolute Gasteiger partial charge is 0.339 e. The molecule has 136 valence electrons. The Morgan fingerprint density at radius 2 is 2.19 bits per heavy atom. The van der Waals surface area contributed by atoms with Gasteiger partial charge in [0, 0.05) is 31.2 Å².